The molecule has 5 nitrogen and oxygen atoms in total. The van der Waals surface area contributed by atoms with E-state index in [4.69, 9.17) is 11.6 Å². The summed E-state index contributed by atoms with van der Waals surface area (Å²) in [6.07, 6.45) is 4.70. The fourth-order valence-corrected chi connectivity index (χ4v) is 4.44. The predicted molar refractivity (Wildman–Crippen MR) is 109 cm³/mol. The van der Waals surface area contributed by atoms with Crippen LogP contribution in [0.15, 0.2) is 18.2 Å². The van der Waals surface area contributed by atoms with E-state index in [1.165, 1.54) is 12.8 Å². The van der Waals surface area contributed by atoms with Crippen molar-refractivity contribution in [3.63, 3.8) is 0 Å². The van der Waals surface area contributed by atoms with E-state index in [1.54, 1.807) is 0 Å². The standard InChI is InChI=1S/C19H27ClN4O.ClH/c20-18-11-14(3-4-17(18)19(25)23-9-1-2-10-23)22-15-12-24(13-15)16-5-7-21-8-6-16;/h3-4,11,15-16,21-22H,1-2,5-10,12-13H2;1H. The van der Waals surface area contributed by atoms with Gasteiger partial charge in [0.2, 0.25) is 0 Å². The van der Waals surface area contributed by atoms with Crippen molar-refractivity contribution in [1.82, 2.24) is 15.1 Å². The van der Waals surface area contributed by atoms with Crippen LogP contribution in [-0.2, 0) is 0 Å². The smallest absolute Gasteiger partial charge is 0.255 e. The summed E-state index contributed by atoms with van der Waals surface area (Å²) in [4.78, 5) is 17.0. The lowest BCUT2D eigenvalue weighted by Gasteiger charge is -2.46. The van der Waals surface area contributed by atoms with Gasteiger partial charge in [-0.15, -0.1) is 12.4 Å². The van der Waals surface area contributed by atoms with Crippen molar-refractivity contribution in [2.45, 2.75) is 37.8 Å². The van der Waals surface area contributed by atoms with Crippen LogP contribution in [0.3, 0.4) is 0 Å². The van der Waals surface area contributed by atoms with Gasteiger partial charge < -0.3 is 15.5 Å². The van der Waals surface area contributed by atoms with E-state index in [0.29, 0.717) is 16.6 Å². The number of amides is 1. The second kappa shape index (κ2) is 8.79. The van der Waals surface area contributed by atoms with Crippen molar-refractivity contribution in [3.8, 4) is 0 Å². The Kier molecular flexibility index (Phi) is 6.67. The highest BCUT2D eigenvalue weighted by atomic mass is 35.5. The van der Waals surface area contributed by atoms with Crippen LogP contribution in [0.5, 0.6) is 0 Å². The highest BCUT2D eigenvalue weighted by molar-refractivity contribution is 6.34. The second-order valence-corrected chi connectivity index (χ2v) is 7.88. The third-order valence-corrected chi connectivity index (χ3v) is 6.01. The molecule has 0 aliphatic carbocycles. The number of carbonyl (C=O) groups is 1. The first-order valence-corrected chi connectivity index (χ1v) is 9.88. The summed E-state index contributed by atoms with van der Waals surface area (Å²) in [5.74, 6) is 0.0646. The molecule has 26 heavy (non-hydrogen) atoms. The van der Waals surface area contributed by atoms with Crippen LogP contribution in [-0.4, -0.2) is 67.1 Å². The van der Waals surface area contributed by atoms with E-state index in [9.17, 15) is 4.79 Å². The van der Waals surface area contributed by atoms with Gasteiger partial charge in [-0.1, -0.05) is 11.6 Å². The molecule has 0 spiro atoms. The SMILES string of the molecule is Cl.O=C(c1ccc(NC2CN(C3CCNCC3)C2)cc1Cl)N1CCCC1. The average Bonchev–Trinajstić information content (AvgIpc) is 3.13. The molecule has 0 unspecified atom stereocenters. The van der Waals surface area contributed by atoms with Gasteiger partial charge in [-0.25, -0.2) is 0 Å². The maximum Gasteiger partial charge on any atom is 0.255 e. The maximum absolute atomic E-state index is 12.5. The van der Waals surface area contributed by atoms with Crippen molar-refractivity contribution >= 4 is 35.6 Å². The number of hydrogen-bond donors (Lipinski definition) is 2. The molecule has 0 aromatic heterocycles. The van der Waals surface area contributed by atoms with Crippen molar-refractivity contribution in [1.29, 1.82) is 0 Å². The summed E-state index contributed by atoms with van der Waals surface area (Å²) in [5, 5.41) is 7.53. The molecule has 3 heterocycles. The van der Waals surface area contributed by atoms with Crippen molar-refractivity contribution in [3.05, 3.63) is 28.8 Å². The van der Waals surface area contributed by atoms with Crippen LogP contribution in [0.2, 0.25) is 5.02 Å². The van der Waals surface area contributed by atoms with Crippen LogP contribution in [0.25, 0.3) is 0 Å². The third kappa shape index (κ3) is 4.28. The molecule has 3 aliphatic heterocycles. The molecule has 3 aliphatic rings. The van der Waals surface area contributed by atoms with Gasteiger partial charge >= 0.3 is 0 Å². The number of anilines is 1. The molecule has 144 valence electrons. The van der Waals surface area contributed by atoms with Crippen LogP contribution in [0.4, 0.5) is 5.69 Å². The highest BCUT2D eigenvalue weighted by Gasteiger charge is 2.32. The summed E-state index contributed by atoms with van der Waals surface area (Å²) in [5.41, 5.74) is 1.64. The van der Waals surface area contributed by atoms with E-state index in [0.717, 1.165) is 63.8 Å². The Balaban J connectivity index is 0.00000196. The quantitative estimate of drug-likeness (QED) is 0.818. The van der Waals surface area contributed by atoms with E-state index in [1.807, 2.05) is 23.1 Å². The fraction of sp³-hybridized carbons (Fsp3) is 0.632. The molecular weight excluding hydrogens is 371 g/mol. The molecule has 0 bridgehead atoms. The van der Waals surface area contributed by atoms with Crippen LogP contribution in [0.1, 0.15) is 36.0 Å². The number of piperidine rings is 1. The zero-order valence-electron chi connectivity index (χ0n) is 15.0. The van der Waals surface area contributed by atoms with Gasteiger partial charge in [0.25, 0.3) is 5.91 Å². The average molecular weight is 399 g/mol. The molecule has 2 N–H and O–H groups in total. The maximum atomic E-state index is 12.5. The Morgan fingerprint density at radius 3 is 2.50 bits per heavy atom. The zero-order chi connectivity index (χ0) is 17.2. The minimum Gasteiger partial charge on any atom is -0.380 e. The monoisotopic (exact) mass is 398 g/mol. The Morgan fingerprint density at radius 1 is 1.15 bits per heavy atom. The van der Waals surface area contributed by atoms with Gasteiger partial charge in [-0.3, -0.25) is 9.69 Å². The number of nitrogens with zero attached hydrogens (tertiary/aromatic N) is 2. The van der Waals surface area contributed by atoms with E-state index in [-0.39, 0.29) is 18.3 Å². The first-order chi connectivity index (χ1) is 12.2. The molecule has 1 aromatic carbocycles. The number of likely N-dealkylation sites (tertiary alicyclic amines) is 2. The molecule has 3 fully saturated rings. The highest BCUT2D eigenvalue weighted by Crippen LogP contribution is 2.26. The summed E-state index contributed by atoms with van der Waals surface area (Å²) < 4.78 is 0. The van der Waals surface area contributed by atoms with Gasteiger partial charge in [0.05, 0.1) is 16.6 Å². The Labute approximate surface area is 166 Å². The normalized spacial score (nSPS) is 22.0. The number of halogens is 2. The molecule has 4 rings (SSSR count). The number of rotatable bonds is 4. The first kappa shape index (κ1) is 19.7. The van der Waals surface area contributed by atoms with Crippen LogP contribution >= 0.6 is 24.0 Å². The largest absolute Gasteiger partial charge is 0.380 e. The summed E-state index contributed by atoms with van der Waals surface area (Å²) >= 11 is 6.39. The van der Waals surface area contributed by atoms with Gasteiger partial charge in [-0.2, -0.15) is 0 Å². The molecule has 0 atom stereocenters. The fourth-order valence-electron chi connectivity index (χ4n) is 4.18. The minimum absolute atomic E-state index is 0. The summed E-state index contributed by atoms with van der Waals surface area (Å²) in [6.45, 7) is 6.17. The molecule has 3 saturated heterocycles. The number of carbonyl (C=O) groups excluding carboxylic acids is 1. The molecule has 0 saturated carbocycles. The number of benzene rings is 1. The molecular formula is C19H28Cl2N4O. The van der Waals surface area contributed by atoms with Crippen molar-refractivity contribution in [2.24, 2.45) is 0 Å². The van der Waals surface area contributed by atoms with E-state index < -0.39 is 0 Å². The number of hydrogen-bond acceptors (Lipinski definition) is 4. The lowest BCUT2D eigenvalue weighted by Crippen LogP contribution is -2.60. The van der Waals surface area contributed by atoms with Gasteiger partial charge in [0.15, 0.2) is 0 Å². The number of nitrogens with one attached hydrogen (secondary N) is 2. The molecule has 1 aromatic rings. The molecule has 7 heteroatoms. The Hall–Kier alpha value is -1.01. The van der Waals surface area contributed by atoms with Gasteiger partial charge in [0, 0.05) is 37.9 Å². The van der Waals surface area contributed by atoms with Gasteiger partial charge in [-0.05, 0) is 57.0 Å². The van der Waals surface area contributed by atoms with Crippen molar-refractivity contribution < 1.29 is 4.79 Å². The lowest BCUT2D eigenvalue weighted by atomic mass is 9.98. The Bertz CT molecular complexity index is 624. The van der Waals surface area contributed by atoms with Crippen LogP contribution < -0.4 is 10.6 Å². The van der Waals surface area contributed by atoms with E-state index in [2.05, 4.69) is 15.5 Å². The molecule has 1 amide bonds. The first-order valence-electron chi connectivity index (χ1n) is 9.51. The minimum atomic E-state index is 0. The summed E-state index contributed by atoms with van der Waals surface area (Å²) in [7, 11) is 0. The van der Waals surface area contributed by atoms with Gasteiger partial charge in [0.1, 0.15) is 0 Å². The van der Waals surface area contributed by atoms with E-state index >= 15 is 0 Å². The van der Waals surface area contributed by atoms with Crippen LogP contribution in [0, 0.1) is 0 Å². The van der Waals surface area contributed by atoms with Crippen molar-refractivity contribution in [2.75, 3.05) is 44.6 Å². The topological polar surface area (TPSA) is 47.6 Å². The molecule has 0 radical (unpaired) electrons. The zero-order valence-corrected chi connectivity index (χ0v) is 16.6. The predicted octanol–water partition coefficient (Wildman–Crippen LogP) is 2.85. The Morgan fingerprint density at radius 2 is 1.85 bits per heavy atom. The second-order valence-electron chi connectivity index (χ2n) is 7.47. The lowest BCUT2D eigenvalue weighted by molar-refractivity contribution is 0.0793. The summed E-state index contributed by atoms with van der Waals surface area (Å²) in [6, 6.07) is 6.98. The third-order valence-electron chi connectivity index (χ3n) is 5.70.